The summed E-state index contributed by atoms with van der Waals surface area (Å²) < 4.78 is 0.596. The highest BCUT2D eigenvalue weighted by Gasteiger charge is 2.13. The second kappa shape index (κ2) is 5.77. The van der Waals surface area contributed by atoms with Crippen LogP contribution in [-0.2, 0) is 0 Å². The van der Waals surface area contributed by atoms with Crippen LogP contribution < -0.4 is 5.43 Å². The Labute approximate surface area is 99.0 Å². The predicted molar refractivity (Wildman–Crippen MR) is 59.8 cm³/mol. The Kier molecular flexibility index (Phi) is 4.35. The van der Waals surface area contributed by atoms with Crippen molar-refractivity contribution in [1.29, 1.82) is 5.26 Å². The molecule has 0 aromatic heterocycles. The van der Waals surface area contributed by atoms with E-state index in [0.29, 0.717) is 4.47 Å². The molecular weight excluding hydrogens is 278 g/mol. The van der Waals surface area contributed by atoms with E-state index in [4.69, 9.17) is 5.26 Å². The van der Waals surface area contributed by atoms with Crippen molar-refractivity contribution in [2.45, 2.75) is 0 Å². The minimum atomic E-state index is -0.535. The molecule has 0 saturated carbocycles. The van der Waals surface area contributed by atoms with Gasteiger partial charge in [-0.15, -0.1) is 0 Å². The first kappa shape index (κ1) is 12.1. The van der Waals surface area contributed by atoms with Gasteiger partial charge in [-0.2, -0.15) is 10.4 Å². The largest absolute Gasteiger partial charge is 0.295 e. The van der Waals surface area contributed by atoms with E-state index in [1.807, 2.05) is 0 Å². The minimum absolute atomic E-state index is 0.0999. The van der Waals surface area contributed by atoms with Crippen molar-refractivity contribution in [3.05, 3.63) is 32.8 Å². The van der Waals surface area contributed by atoms with Crippen molar-refractivity contribution in [2.24, 2.45) is 10.3 Å². The maximum absolute atomic E-state index is 10.7. The van der Waals surface area contributed by atoms with Gasteiger partial charge in [0.1, 0.15) is 12.2 Å². The fourth-order valence-corrected chi connectivity index (χ4v) is 1.26. The van der Waals surface area contributed by atoms with Crippen LogP contribution in [0.15, 0.2) is 33.0 Å². The number of anilines is 1. The second-order valence-corrected chi connectivity index (χ2v) is 3.50. The molecule has 0 amide bonds. The minimum Gasteiger partial charge on any atom is -0.258 e. The number of nitriles is 1. The number of hydrogen-bond acceptors (Lipinski definition) is 5. The van der Waals surface area contributed by atoms with Crippen molar-refractivity contribution >= 4 is 27.3 Å². The van der Waals surface area contributed by atoms with Crippen molar-refractivity contribution in [3.8, 4) is 6.07 Å². The van der Waals surface area contributed by atoms with Crippen LogP contribution in [0.2, 0.25) is 0 Å². The summed E-state index contributed by atoms with van der Waals surface area (Å²) in [6, 6.07) is 6.24. The first-order valence-electron chi connectivity index (χ1n) is 4.08. The monoisotopic (exact) mass is 283 g/mol. The molecule has 0 spiro atoms. The van der Waals surface area contributed by atoms with Gasteiger partial charge in [-0.05, 0) is 12.1 Å². The third-order valence-electron chi connectivity index (χ3n) is 1.54. The van der Waals surface area contributed by atoms with Gasteiger partial charge in [0.15, 0.2) is 0 Å². The summed E-state index contributed by atoms with van der Waals surface area (Å²) in [6.07, 6.45) is 0. The molecule has 1 aromatic rings. The van der Waals surface area contributed by atoms with Crippen LogP contribution in [0.3, 0.4) is 0 Å². The van der Waals surface area contributed by atoms with Gasteiger partial charge in [0.05, 0.1) is 11.0 Å². The van der Waals surface area contributed by atoms with E-state index in [1.165, 1.54) is 12.1 Å². The lowest BCUT2D eigenvalue weighted by Gasteiger charge is -2.00. The van der Waals surface area contributed by atoms with E-state index < -0.39 is 4.92 Å². The molecule has 0 saturated heterocycles. The highest BCUT2D eigenvalue weighted by molar-refractivity contribution is 9.10. The smallest absolute Gasteiger partial charge is 0.258 e. The summed E-state index contributed by atoms with van der Waals surface area (Å²) in [5, 5.41) is 25.7. The zero-order chi connectivity index (χ0) is 12.0. The molecule has 7 nitrogen and oxygen atoms in total. The lowest BCUT2D eigenvalue weighted by molar-refractivity contribution is -0.384. The number of rotatable bonds is 4. The van der Waals surface area contributed by atoms with Crippen LogP contribution in [0.5, 0.6) is 0 Å². The number of nitro benzene ring substituents is 1. The molecule has 0 heterocycles. The number of halogens is 1. The molecule has 82 valence electrons. The number of benzene rings is 1. The van der Waals surface area contributed by atoms with E-state index in [0.717, 1.165) is 0 Å². The molecule has 16 heavy (non-hydrogen) atoms. The number of nitrogens with one attached hydrogen (secondary N) is 1. The Morgan fingerprint density at radius 2 is 2.38 bits per heavy atom. The Morgan fingerprint density at radius 1 is 1.62 bits per heavy atom. The molecule has 0 atom stereocenters. The first-order valence-corrected chi connectivity index (χ1v) is 4.88. The maximum atomic E-state index is 10.7. The zero-order valence-corrected chi connectivity index (χ0v) is 9.51. The fraction of sp³-hybridized carbons (Fsp3) is 0.125. The molecule has 1 aromatic carbocycles. The van der Waals surface area contributed by atoms with Crippen LogP contribution >= 0.6 is 15.9 Å². The number of nitro groups is 1. The van der Waals surface area contributed by atoms with E-state index in [9.17, 15) is 10.1 Å². The molecule has 0 unspecified atom stereocenters. The first-order chi connectivity index (χ1) is 7.65. The summed E-state index contributed by atoms with van der Waals surface area (Å²) >= 11 is 3.13. The van der Waals surface area contributed by atoms with Gasteiger partial charge < -0.3 is 0 Å². The summed E-state index contributed by atoms with van der Waals surface area (Å²) in [7, 11) is 0. The summed E-state index contributed by atoms with van der Waals surface area (Å²) in [6.45, 7) is -0.0999. The Balaban J connectivity index is 2.87. The van der Waals surface area contributed by atoms with Gasteiger partial charge in [0, 0.05) is 10.5 Å². The van der Waals surface area contributed by atoms with Crippen LogP contribution in [0, 0.1) is 21.4 Å². The normalized spacial score (nSPS) is 10.0. The molecule has 0 aliphatic carbocycles. The van der Waals surface area contributed by atoms with Crippen LogP contribution in [0.25, 0.3) is 0 Å². The summed E-state index contributed by atoms with van der Waals surface area (Å²) in [5.41, 5.74) is 2.50. The highest BCUT2D eigenvalue weighted by atomic mass is 79.9. The van der Waals surface area contributed by atoms with Gasteiger partial charge in [-0.1, -0.05) is 21.2 Å². The van der Waals surface area contributed by atoms with Crippen molar-refractivity contribution in [1.82, 2.24) is 0 Å². The molecule has 0 aliphatic heterocycles. The molecule has 1 rings (SSSR count). The Bertz CT molecular complexity index is 468. The number of hydrogen-bond donors (Lipinski definition) is 1. The van der Waals surface area contributed by atoms with Crippen molar-refractivity contribution in [2.75, 3.05) is 12.0 Å². The van der Waals surface area contributed by atoms with Crippen LogP contribution in [0.1, 0.15) is 0 Å². The average Bonchev–Trinajstić information content (AvgIpc) is 2.26. The number of nitrogens with zero attached hydrogens (tertiary/aromatic N) is 4. The maximum Gasteiger partial charge on any atom is 0.295 e. The van der Waals surface area contributed by atoms with Gasteiger partial charge >= 0.3 is 0 Å². The predicted octanol–water partition coefficient (Wildman–Crippen LogP) is 2.66. The van der Waals surface area contributed by atoms with E-state index in [2.05, 4.69) is 31.7 Å². The third-order valence-corrected chi connectivity index (χ3v) is 2.03. The molecule has 0 fully saturated rings. The Hall–Kier alpha value is -2.01. The standard InChI is InChI=1S/C8H6BrN5O2/c9-6-1-2-7(8(5-6)14(15)16)12-13-11-4-3-10/h1-2,5H,4H2,(H,11,12). The molecule has 1 N–H and O–H groups in total. The molecule has 0 radical (unpaired) electrons. The molecule has 8 heteroatoms. The van der Waals surface area contributed by atoms with Crippen molar-refractivity contribution < 1.29 is 4.92 Å². The average molecular weight is 284 g/mol. The lowest BCUT2D eigenvalue weighted by atomic mass is 10.3. The molecular formula is C8H6BrN5O2. The highest BCUT2D eigenvalue weighted by Crippen LogP contribution is 2.27. The summed E-state index contributed by atoms with van der Waals surface area (Å²) in [4.78, 5) is 10.1. The van der Waals surface area contributed by atoms with E-state index in [1.54, 1.807) is 12.1 Å². The summed E-state index contributed by atoms with van der Waals surface area (Å²) in [5.74, 6) is 0. The fourth-order valence-electron chi connectivity index (χ4n) is 0.907. The zero-order valence-electron chi connectivity index (χ0n) is 7.92. The lowest BCUT2D eigenvalue weighted by Crippen LogP contribution is -1.95. The van der Waals surface area contributed by atoms with Gasteiger partial charge in [0.2, 0.25) is 0 Å². The van der Waals surface area contributed by atoms with Crippen LogP contribution in [-0.4, -0.2) is 11.5 Å². The van der Waals surface area contributed by atoms with Gasteiger partial charge in [-0.25, -0.2) is 0 Å². The molecule has 0 bridgehead atoms. The van der Waals surface area contributed by atoms with E-state index in [-0.39, 0.29) is 17.9 Å². The van der Waals surface area contributed by atoms with Crippen molar-refractivity contribution in [3.63, 3.8) is 0 Å². The Morgan fingerprint density at radius 3 is 3.00 bits per heavy atom. The van der Waals surface area contributed by atoms with Gasteiger partial charge in [-0.3, -0.25) is 15.5 Å². The quantitative estimate of drug-likeness (QED) is 0.397. The van der Waals surface area contributed by atoms with E-state index >= 15 is 0 Å². The van der Waals surface area contributed by atoms with Gasteiger partial charge in [0.25, 0.3) is 5.69 Å². The molecule has 0 aliphatic rings. The second-order valence-electron chi connectivity index (χ2n) is 2.59. The van der Waals surface area contributed by atoms with Crippen LogP contribution in [0.4, 0.5) is 11.4 Å². The third kappa shape index (κ3) is 3.29. The SMILES string of the molecule is N#CCN=NNc1ccc(Br)cc1[N+](=O)[O-]. The topological polar surface area (TPSA) is 104 Å².